The van der Waals surface area contributed by atoms with E-state index in [4.69, 9.17) is 0 Å². The molecule has 56 valence electrons. The Bertz CT molecular complexity index is 269. The van der Waals surface area contributed by atoms with Crippen LogP contribution in [0.2, 0.25) is 0 Å². The second kappa shape index (κ2) is 2.54. The molecule has 0 spiro atoms. The van der Waals surface area contributed by atoms with Crippen LogP contribution >= 0.6 is 0 Å². The highest BCUT2D eigenvalue weighted by atomic mass is 14.3. The molecule has 0 saturated heterocycles. The van der Waals surface area contributed by atoms with E-state index in [-0.39, 0.29) is 0 Å². The first-order chi connectivity index (χ1) is 5.42. The molecule has 0 amide bonds. The minimum atomic E-state index is 0.837. The van der Waals surface area contributed by atoms with Crippen LogP contribution in [-0.4, -0.2) is 0 Å². The molecule has 0 unspecified atom stereocenters. The first kappa shape index (κ1) is 6.66. The maximum Gasteiger partial charge on any atom is -0.0156 e. The van der Waals surface area contributed by atoms with Crippen molar-refractivity contribution >= 4 is 6.08 Å². The largest absolute Gasteiger partial charge is 0.0985 e. The quantitative estimate of drug-likeness (QED) is 0.598. The van der Waals surface area contributed by atoms with Crippen LogP contribution in [0.15, 0.2) is 30.8 Å². The molecule has 0 aliphatic heterocycles. The van der Waals surface area contributed by atoms with Crippen LogP contribution in [0.25, 0.3) is 6.08 Å². The second-order valence-corrected chi connectivity index (χ2v) is 3.11. The lowest BCUT2D eigenvalue weighted by molar-refractivity contribution is 1.12. The molecule has 0 nitrogen and oxygen atoms in total. The van der Waals surface area contributed by atoms with Gasteiger partial charge in [0.1, 0.15) is 0 Å². The van der Waals surface area contributed by atoms with Crippen LogP contribution in [0.1, 0.15) is 29.9 Å². The number of hydrogen-bond donors (Lipinski definition) is 0. The Morgan fingerprint density at radius 1 is 1.27 bits per heavy atom. The molecule has 1 aliphatic carbocycles. The summed E-state index contributed by atoms with van der Waals surface area (Å²) < 4.78 is 0. The van der Waals surface area contributed by atoms with Gasteiger partial charge in [-0.05, 0) is 29.9 Å². The van der Waals surface area contributed by atoms with E-state index in [1.807, 2.05) is 6.08 Å². The Morgan fingerprint density at radius 3 is 2.64 bits per heavy atom. The molecule has 2 rings (SSSR count). The first-order valence-corrected chi connectivity index (χ1v) is 4.13. The Morgan fingerprint density at radius 2 is 2.00 bits per heavy atom. The van der Waals surface area contributed by atoms with Crippen LogP contribution in [0, 0.1) is 0 Å². The zero-order valence-corrected chi connectivity index (χ0v) is 6.59. The molecule has 0 atom stereocenters. The van der Waals surface area contributed by atoms with Crippen molar-refractivity contribution in [2.75, 3.05) is 0 Å². The summed E-state index contributed by atoms with van der Waals surface area (Å²) in [5.41, 5.74) is 2.80. The van der Waals surface area contributed by atoms with Gasteiger partial charge in [0.15, 0.2) is 0 Å². The van der Waals surface area contributed by atoms with Gasteiger partial charge >= 0.3 is 0 Å². The lowest BCUT2D eigenvalue weighted by Gasteiger charge is -2.01. The molecule has 0 radical (unpaired) electrons. The third-order valence-electron chi connectivity index (χ3n) is 2.23. The maximum atomic E-state index is 3.80. The van der Waals surface area contributed by atoms with Crippen molar-refractivity contribution in [2.45, 2.75) is 18.8 Å². The van der Waals surface area contributed by atoms with E-state index in [0.717, 1.165) is 5.92 Å². The van der Waals surface area contributed by atoms with Gasteiger partial charge in [0, 0.05) is 0 Å². The van der Waals surface area contributed by atoms with Crippen LogP contribution in [-0.2, 0) is 0 Å². The lowest BCUT2D eigenvalue weighted by Crippen LogP contribution is -1.82. The molecule has 1 aromatic rings. The van der Waals surface area contributed by atoms with Crippen LogP contribution < -0.4 is 0 Å². The molecule has 11 heavy (non-hydrogen) atoms. The fraction of sp³-hybridized carbons (Fsp3) is 0.273. The van der Waals surface area contributed by atoms with Gasteiger partial charge in [0.25, 0.3) is 0 Å². The molecule has 1 saturated carbocycles. The highest BCUT2D eigenvalue weighted by Gasteiger charge is 2.24. The first-order valence-electron chi connectivity index (χ1n) is 4.13. The van der Waals surface area contributed by atoms with Crippen molar-refractivity contribution in [3.05, 3.63) is 42.0 Å². The van der Waals surface area contributed by atoms with Gasteiger partial charge in [-0.3, -0.25) is 0 Å². The van der Waals surface area contributed by atoms with E-state index in [2.05, 4.69) is 30.8 Å². The summed E-state index contributed by atoms with van der Waals surface area (Å²) in [6, 6.07) is 8.54. The normalized spacial score (nSPS) is 16.4. The highest BCUT2D eigenvalue weighted by Crippen LogP contribution is 2.41. The van der Waals surface area contributed by atoms with Gasteiger partial charge in [0.2, 0.25) is 0 Å². The molecule has 0 aromatic heterocycles. The van der Waals surface area contributed by atoms with Crippen molar-refractivity contribution in [2.24, 2.45) is 0 Å². The van der Waals surface area contributed by atoms with Crippen molar-refractivity contribution in [1.29, 1.82) is 0 Å². The highest BCUT2D eigenvalue weighted by molar-refractivity contribution is 5.53. The zero-order valence-electron chi connectivity index (χ0n) is 6.59. The molecule has 1 aromatic carbocycles. The van der Waals surface area contributed by atoms with Gasteiger partial charge in [-0.25, -0.2) is 0 Å². The topological polar surface area (TPSA) is 0 Å². The van der Waals surface area contributed by atoms with Crippen LogP contribution in [0.4, 0.5) is 0 Å². The van der Waals surface area contributed by atoms with Crippen LogP contribution in [0.5, 0.6) is 0 Å². The minimum Gasteiger partial charge on any atom is -0.0985 e. The van der Waals surface area contributed by atoms with Crippen molar-refractivity contribution in [1.82, 2.24) is 0 Å². The van der Waals surface area contributed by atoms with Gasteiger partial charge in [-0.1, -0.05) is 36.9 Å². The van der Waals surface area contributed by atoms with Crippen molar-refractivity contribution < 1.29 is 0 Å². The van der Waals surface area contributed by atoms with E-state index >= 15 is 0 Å². The third kappa shape index (κ3) is 1.21. The number of rotatable bonds is 2. The summed E-state index contributed by atoms with van der Waals surface area (Å²) in [7, 11) is 0. The Kier molecular flexibility index (Phi) is 1.54. The summed E-state index contributed by atoms with van der Waals surface area (Å²) in [6.07, 6.45) is 4.68. The Labute approximate surface area is 67.6 Å². The Hall–Kier alpha value is -1.04. The fourth-order valence-electron chi connectivity index (χ4n) is 1.46. The molecular formula is C11H12. The summed E-state index contributed by atoms with van der Waals surface area (Å²) in [4.78, 5) is 0. The lowest BCUT2D eigenvalue weighted by atomic mass is 10.0. The van der Waals surface area contributed by atoms with E-state index in [1.54, 1.807) is 0 Å². The van der Waals surface area contributed by atoms with E-state index in [9.17, 15) is 0 Å². The number of benzene rings is 1. The predicted molar refractivity (Wildman–Crippen MR) is 48.5 cm³/mol. The standard InChI is InChI=1S/C11H12/c1-2-9-5-3-4-6-11(9)10-7-8-10/h2-6,10H,1,7-8H2. The summed E-state index contributed by atoms with van der Waals surface area (Å²) in [5, 5.41) is 0. The third-order valence-corrected chi connectivity index (χ3v) is 2.23. The van der Waals surface area contributed by atoms with Gasteiger partial charge in [0.05, 0.1) is 0 Å². The molecule has 1 fully saturated rings. The minimum absolute atomic E-state index is 0.837. The maximum absolute atomic E-state index is 3.80. The van der Waals surface area contributed by atoms with Crippen molar-refractivity contribution in [3.63, 3.8) is 0 Å². The average Bonchev–Trinajstić information content (AvgIpc) is 2.87. The smallest absolute Gasteiger partial charge is 0.0156 e. The molecule has 0 heteroatoms. The molecule has 0 heterocycles. The van der Waals surface area contributed by atoms with Gasteiger partial charge < -0.3 is 0 Å². The fourth-order valence-corrected chi connectivity index (χ4v) is 1.46. The van der Waals surface area contributed by atoms with E-state index in [0.29, 0.717) is 0 Å². The van der Waals surface area contributed by atoms with Crippen LogP contribution in [0.3, 0.4) is 0 Å². The van der Waals surface area contributed by atoms with Gasteiger partial charge in [-0.2, -0.15) is 0 Å². The summed E-state index contributed by atoms with van der Waals surface area (Å²) >= 11 is 0. The zero-order chi connectivity index (χ0) is 7.68. The number of hydrogen-bond acceptors (Lipinski definition) is 0. The van der Waals surface area contributed by atoms with E-state index < -0.39 is 0 Å². The Balaban J connectivity index is 2.42. The SMILES string of the molecule is C=Cc1ccccc1C1CC1. The predicted octanol–water partition coefficient (Wildman–Crippen LogP) is 3.21. The molecule has 0 N–H and O–H groups in total. The summed E-state index contributed by atoms with van der Waals surface area (Å²) in [5.74, 6) is 0.837. The van der Waals surface area contributed by atoms with Crippen molar-refractivity contribution in [3.8, 4) is 0 Å². The molecule has 0 bridgehead atoms. The molecular weight excluding hydrogens is 132 g/mol. The average molecular weight is 144 g/mol. The van der Waals surface area contributed by atoms with Gasteiger partial charge in [-0.15, -0.1) is 0 Å². The summed E-state index contributed by atoms with van der Waals surface area (Å²) in [6.45, 7) is 3.80. The molecule has 1 aliphatic rings. The monoisotopic (exact) mass is 144 g/mol. The van der Waals surface area contributed by atoms with E-state index in [1.165, 1.54) is 24.0 Å². The second-order valence-electron chi connectivity index (χ2n) is 3.11.